The van der Waals surface area contributed by atoms with E-state index in [9.17, 15) is 5.11 Å². The first kappa shape index (κ1) is 15.8. The first-order chi connectivity index (χ1) is 11.0. The van der Waals surface area contributed by atoms with Crippen molar-refractivity contribution in [3.63, 3.8) is 0 Å². The Balaban J connectivity index is 2.29. The fraction of sp³-hybridized carbons (Fsp3) is 0.389. The summed E-state index contributed by atoms with van der Waals surface area (Å²) in [6.07, 6.45) is 6.87. The van der Waals surface area contributed by atoms with Crippen molar-refractivity contribution in [3.8, 4) is 5.75 Å². The zero-order valence-electron chi connectivity index (χ0n) is 13.8. The number of hydrogen-bond donors (Lipinski definition) is 1. The lowest BCUT2D eigenvalue weighted by Gasteiger charge is -2.38. The van der Waals surface area contributed by atoms with Gasteiger partial charge in [-0.15, -0.1) is 0 Å². The number of methoxy groups -OCH3 is 2. The third-order valence-electron chi connectivity index (χ3n) is 4.31. The first-order valence-electron chi connectivity index (χ1n) is 7.54. The average molecular weight is 315 g/mol. The number of fused-ring (bicyclic) bond motifs is 2. The number of aliphatic hydroxyl groups excluding tert-OH is 1. The molecule has 2 atom stereocenters. The van der Waals surface area contributed by atoms with E-state index in [1.54, 1.807) is 26.6 Å². The number of hydrogen-bond acceptors (Lipinski definition) is 5. The van der Waals surface area contributed by atoms with Gasteiger partial charge in [0.2, 0.25) is 5.71 Å². The van der Waals surface area contributed by atoms with Gasteiger partial charge in [0, 0.05) is 19.1 Å². The zero-order chi connectivity index (χ0) is 16.6. The molecular weight excluding hydrogens is 294 g/mol. The molecule has 5 heteroatoms. The van der Waals surface area contributed by atoms with Crippen LogP contribution in [-0.4, -0.2) is 30.4 Å². The number of rotatable bonds is 4. The summed E-state index contributed by atoms with van der Waals surface area (Å²) in [5.41, 5.74) is 2.11. The van der Waals surface area contributed by atoms with E-state index in [1.165, 1.54) is 0 Å². The van der Waals surface area contributed by atoms with Gasteiger partial charge in [0.25, 0.3) is 0 Å². The van der Waals surface area contributed by atoms with Crippen molar-refractivity contribution in [2.24, 2.45) is 0 Å². The molecule has 2 aromatic heterocycles. The van der Waals surface area contributed by atoms with Crippen molar-refractivity contribution in [2.75, 3.05) is 14.2 Å². The molecule has 122 valence electrons. The topological polar surface area (TPSA) is 64.7 Å². The minimum absolute atomic E-state index is 0.474. The van der Waals surface area contributed by atoms with E-state index in [1.807, 2.05) is 32.1 Å². The van der Waals surface area contributed by atoms with E-state index in [4.69, 9.17) is 13.9 Å². The maximum atomic E-state index is 10.6. The van der Waals surface area contributed by atoms with Crippen molar-refractivity contribution in [1.29, 1.82) is 0 Å². The van der Waals surface area contributed by atoms with Gasteiger partial charge in [-0.3, -0.25) is 0 Å². The fourth-order valence-corrected chi connectivity index (χ4v) is 3.03. The number of aliphatic hydroxyl groups is 1. The molecule has 0 saturated carbocycles. The van der Waals surface area contributed by atoms with Crippen LogP contribution in [-0.2, 0) is 10.3 Å². The first-order valence-corrected chi connectivity index (χ1v) is 7.54. The number of aromatic nitrogens is 1. The Morgan fingerprint density at radius 1 is 1.43 bits per heavy atom. The fourth-order valence-electron chi connectivity index (χ4n) is 3.03. The molecule has 1 aliphatic carbocycles. The minimum Gasteiger partial charge on any atom is -0.495 e. The molecule has 0 saturated heterocycles. The van der Waals surface area contributed by atoms with Gasteiger partial charge < -0.3 is 19.0 Å². The highest BCUT2D eigenvalue weighted by Crippen LogP contribution is 2.44. The van der Waals surface area contributed by atoms with E-state index < -0.39 is 11.7 Å². The van der Waals surface area contributed by atoms with Gasteiger partial charge >= 0.3 is 0 Å². The Kier molecular flexibility index (Phi) is 4.00. The van der Waals surface area contributed by atoms with Crippen LogP contribution in [0.4, 0.5) is 0 Å². The van der Waals surface area contributed by atoms with Crippen LogP contribution in [0.2, 0.25) is 0 Å². The van der Waals surface area contributed by atoms with Gasteiger partial charge in [0.05, 0.1) is 24.5 Å². The molecular formula is C18H21NO4. The van der Waals surface area contributed by atoms with Gasteiger partial charge in [0.15, 0.2) is 0 Å². The van der Waals surface area contributed by atoms with Crippen LogP contribution < -0.4 is 4.74 Å². The van der Waals surface area contributed by atoms with Crippen molar-refractivity contribution in [2.45, 2.75) is 32.0 Å². The van der Waals surface area contributed by atoms with Crippen molar-refractivity contribution >= 4 is 17.2 Å². The number of allylic oxidation sites excluding steroid dienone is 1. The second-order valence-electron chi connectivity index (χ2n) is 5.93. The van der Waals surface area contributed by atoms with Gasteiger partial charge in [-0.1, -0.05) is 23.8 Å². The van der Waals surface area contributed by atoms with E-state index in [0.29, 0.717) is 23.6 Å². The predicted molar refractivity (Wildman–Crippen MR) is 88.3 cm³/mol. The molecule has 1 N–H and O–H groups in total. The molecule has 2 aromatic rings. The molecule has 0 aliphatic heterocycles. The third-order valence-corrected chi connectivity index (χ3v) is 4.31. The lowest BCUT2D eigenvalue weighted by Crippen LogP contribution is -2.43. The molecule has 2 unspecified atom stereocenters. The Morgan fingerprint density at radius 3 is 2.87 bits per heavy atom. The van der Waals surface area contributed by atoms with Crippen LogP contribution in [0, 0.1) is 0 Å². The molecule has 0 spiro atoms. The monoisotopic (exact) mass is 315 g/mol. The van der Waals surface area contributed by atoms with Crippen LogP contribution >= 0.6 is 0 Å². The number of pyridine rings is 1. The second-order valence-corrected chi connectivity index (χ2v) is 5.93. The minimum atomic E-state index is -0.963. The molecule has 0 aromatic carbocycles. The standard InChI is InChI=1S/C18H21NO4/c1-11(2)7-9-18(22-4)14(20)6-5-12-15(21-3)13-8-10-23-17(13)19-16(12)18/h5-8,10,14,20H,9H2,1-4H3. The summed E-state index contributed by atoms with van der Waals surface area (Å²) in [7, 11) is 3.21. The van der Waals surface area contributed by atoms with Crippen LogP contribution in [0.5, 0.6) is 5.75 Å². The Bertz CT molecular complexity index is 786. The van der Waals surface area contributed by atoms with Gasteiger partial charge in [-0.25, -0.2) is 4.98 Å². The average Bonchev–Trinajstić information content (AvgIpc) is 3.00. The zero-order valence-corrected chi connectivity index (χ0v) is 13.8. The summed E-state index contributed by atoms with van der Waals surface area (Å²) in [6.45, 7) is 4.03. The summed E-state index contributed by atoms with van der Waals surface area (Å²) < 4.78 is 16.8. The molecule has 5 nitrogen and oxygen atoms in total. The highest BCUT2D eigenvalue weighted by Gasteiger charge is 2.44. The lowest BCUT2D eigenvalue weighted by molar-refractivity contribution is -0.0914. The van der Waals surface area contributed by atoms with Gasteiger partial charge in [-0.2, -0.15) is 0 Å². The number of nitrogens with zero attached hydrogens (tertiary/aromatic N) is 1. The van der Waals surface area contributed by atoms with E-state index in [2.05, 4.69) is 4.98 Å². The van der Waals surface area contributed by atoms with Crippen molar-refractivity contribution < 1.29 is 19.0 Å². The van der Waals surface area contributed by atoms with Crippen molar-refractivity contribution in [3.05, 3.63) is 41.3 Å². The second kappa shape index (κ2) is 5.83. The van der Waals surface area contributed by atoms with E-state index >= 15 is 0 Å². The van der Waals surface area contributed by atoms with Crippen LogP contribution in [0.25, 0.3) is 17.2 Å². The summed E-state index contributed by atoms with van der Waals surface area (Å²) >= 11 is 0. The smallest absolute Gasteiger partial charge is 0.229 e. The molecule has 0 radical (unpaired) electrons. The van der Waals surface area contributed by atoms with E-state index in [-0.39, 0.29) is 0 Å². The highest BCUT2D eigenvalue weighted by atomic mass is 16.5. The van der Waals surface area contributed by atoms with E-state index in [0.717, 1.165) is 16.5 Å². The largest absolute Gasteiger partial charge is 0.495 e. The molecule has 1 aliphatic rings. The Hall–Kier alpha value is -2.11. The SMILES string of the molecule is COc1c2c(nc3occc13)C(CC=C(C)C)(OC)C(O)C=C2. The van der Waals surface area contributed by atoms with Gasteiger partial charge in [0.1, 0.15) is 17.5 Å². The highest BCUT2D eigenvalue weighted by molar-refractivity contribution is 5.87. The quantitative estimate of drug-likeness (QED) is 0.876. The van der Waals surface area contributed by atoms with Crippen LogP contribution in [0.15, 0.2) is 34.5 Å². The maximum absolute atomic E-state index is 10.6. The summed E-state index contributed by atoms with van der Waals surface area (Å²) in [4.78, 5) is 4.62. The van der Waals surface area contributed by atoms with Crippen LogP contribution in [0.1, 0.15) is 31.5 Å². The summed E-state index contributed by atoms with van der Waals surface area (Å²) in [6, 6.07) is 1.82. The molecule has 23 heavy (non-hydrogen) atoms. The van der Waals surface area contributed by atoms with Crippen LogP contribution in [0.3, 0.4) is 0 Å². The lowest BCUT2D eigenvalue weighted by atomic mass is 9.81. The third kappa shape index (κ3) is 2.36. The summed E-state index contributed by atoms with van der Waals surface area (Å²) in [5.74, 6) is 0.681. The molecule has 2 heterocycles. The Labute approximate surface area is 135 Å². The Morgan fingerprint density at radius 2 is 2.22 bits per heavy atom. The van der Waals surface area contributed by atoms with Crippen molar-refractivity contribution in [1.82, 2.24) is 4.98 Å². The number of furan rings is 1. The molecule has 3 rings (SSSR count). The normalized spacial score (nSPS) is 22.9. The molecule has 0 fully saturated rings. The maximum Gasteiger partial charge on any atom is 0.229 e. The number of ether oxygens (including phenoxy) is 2. The molecule has 0 amide bonds. The summed E-state index contributed by atoms with van der Waals surface area (Å²) in [5, 5.41) is 11.4. The molecule has 0 bridgehead atoms. The predicted octanol–water partition coefficient (Wildman–Crippen LogP) is 3.42. The van der Waals surface area contributed by atoms with Gasteiger partial charge in [-0.05, 0) is 19.9 Å².